The molecule has 0 aliphatic carbocycles. The van der Waals surface area contributed by atoms with Gasteiger partial charge in [0.25, 0.3) is 0 Å². The van der Waals surface area contributed by atoms with Crippen LogP contribution in [0.5, 0.6) is 11.8 Å². The number of sulfonamides is 1. The molecular formula is C30H34FN5O4S. The summed E-state index contributed by atoms with van der Waals surface area (Å²) in [6.07, 6.45) is 3.27. The molecule has 1 aromatic heterocycles. The molecule has 2 atom stereocenters. The molecule has 41 heavy (non-hydrogen) atoms. The number of hydrogen-bond acceptors (Lipinski definition) is 8. The number of phenols is 1. The van der Waals surface area contributed by atoms with Crippen molar-refractivity contribution in [3.63, 3.8) is 0 Å². The van der Waals surface area contributed by atoms with Gasteiger partial charge in [0, 0.05) is 48.1 Å². The lowest BCUT2D eigenvalue weighted by Gasteiger charge is -2.34. The number of piperazine rings is 1. The van der Waals surface area contributed by atoms with Crippen LogP contribution in [0.1, 0.15) is 26.7 Å². The lowest BCUT2D eigenvalue weighted by molar-refractivity contribution is 0.171. The van der Waals surface area contributed by atoms with Crippen LogP contribution >= 0.6 is 0 Å². The number of phenolic OH excluding ortho intramolecular Hbond substituents is 1. The zero-order valence-corrected chi connectivity index (χ0v) is 24.1. The number of aromatic nitrogens is 2. The van der Waals surface area contributed by atoms with E-state index in [0.29, 0.717) is 34.4 Å². The number of halogens is 1. The number of benzene rings is 3. The first-order valence-corrected chi connectivity index (χ1v) is 15.7. The zero-order valence-electron chi connectivity index (χ0n) is 23.3. The molecule has 2 unspecified atom stereocenters. The molecule has 0 saturated carbocycles. The van der Waals surface area contributed by atoms with Crippen LogP contribution in [0.25, 0.3) is 32.8 Å². The Morgan fingerprint density at radius 1 is 1.07 bits per heavy atom. The van der Waals surface area contributed by atoms with E-state index in [1.165, 1.54) is 0 Å². The summed E-state index contributed by atoms with van der Waals surface area (Å²) in [6.45, 7) is 5.50. The maximum atomic E-state index is 16.5. The maximum Gasteiger partial charge on any atom is 0.319 e. The van der Waals surface area contributed by atoms with E-state index in [9.17, 15) is 13.5 Å². The van der Waals surface area contributed by atoms with E-state index in [1.54, 1.807) is 18.2 Å². The SMILES string of the molecule is CC(C)(CNS(C)(=O)=O)COc1nc(N2CC3CCC(C2)N3)c2ccc(-c3cc(O)cc4ccccc34)c(F)c2n1. The highest BCUT2D eigenvalue weighted by Crippen LogP contribution is 2.39. The number of anilines is 1. The summed E-state index contributed by atoms with van der Waals surface area (Å²) < 4.78 is 48.3. The van der Waals surface area contributed by atoms with Gasteiger partial charge < -0.3 is 20.1 Å². The molecule has 2 fully saturated rings. The summed E-state index contributed by atoms with van der Waals surface area (Å²) in [5.41, 5.74) is 0.443. The Morgan fingerprint density at radius 2 is 1.80 bits per heavy atom. The Kier molecular flexibility index (Phi) is 6.99. The fraction of sp³-hybridized carbons (Fsp3) is 0.400. The molecule has 216 valence electrons. The number of hydrogen-bond donors (Lipinski definition) is 3. The average molecular weight is 580 g/mol. The molecule has 2 aliphatic rings. The number of ether oxygens (including phenoxy) is 1. The Morgan fingerprint density at radius 3 is 2.54 bits per heavy atom. The maximum absolute atomic E-state index is 16.5. The lowest BCUT2D eigenvalue weighted by atomic mass is 9.95. The van der Waals surface area contributed by atoms with E-state index in [4.69, 9.17) is 9.72 Å². The molecule has 0 spiro atoms. The average Bonchev–Trinajstić information content (AvgIpc) is 3.27. The number of rotatable bonds is 8. The monoisotopic (exact) mass is 579 g/mol. The normalized spacial score (nSPS) is 19.3. The zero-order chi connectivity index (χ0) is 28.9. The van der Waals surface area contributed by atoms with Crippen molar-refractivity contribution < 1.29 is 22.7 Å². The second-order valence-electron chi connectivity index (χ2n) is 12.0. The molecule has 2 bridgehead atoms. The predicted octanol–water partition coefficient (Wildman–Crippen LogP) is 4.19. The fourth-order valence-corrected chi connectivity index (χ4v) is 6.42. The van der Waals surface area contributed by atoms with Gasteiger partial charge in [0.1, 0.15) is 17.1 Å². The number of nitrogens with zero attached hydrogens (tertiary/aromatic N) is 3. The van der Waals surface area contributed by atoms with Gasteiger partial charge in [-0.2, -0.15) is 9.97 Å². The second-order valence-corrected chi connectivity index (χ2v) is 13.8. The Bertz CT molecular complexity index is 1730. The summed E-state index contributed by atoms with van der Waals surface area (Å²) in [5.74, 6) is 0.136. The van der Waals surface area contributed by atoms with Crippen LogP contribution in [0.3, 0.4) is 0 Å². The van der Waals surface area contributed by atoms with Gasteiger partial charge in [-0.1, -0.05) is 44.2 Å². The van der Waals surface area contributed by atoms with E-state index in [-0.39, 0.29) is 30.4 Å². The molecule has 2 saturated heterocycles. The summed E-state index contributed by atoms with van der Waals surface area (Å²) in [6, 6.07) is 15.0. The van der Waals surface area contributed by atoms with Crippen LogP contribution in [0.15, 0.2) is 48.5 Å². The highest BCUT2D eigenvalue weighted by atomic mass is 32.2. The molecule has 6 rings (SSSR count). The molecule has 4 aromatic rings. The first-order valence-electron chi connectivity index (χ1n) is 13.8. The van der Waals surface area contributed by atoms with E-state index in [0.717, 1.165) is 43.0 Å². The first-order chi connectivity index (χ1) is 19.5. The van der Waals surface area contributed by atoms with E-state index < -0.39 is 21.3 Å². The summed E-state index contributed by atoms with van der Waals surface area (Å²) >= 11 is 0. The quantitative estimate of drug-likeness (QED) is 0.285. The minimum Gasteiger partial charge on any atom is -0.508 e. The van der Waals surface area contributed by atoms with Crippen molar-refractivity contribution in [1.82, 2.24) is 20.0 Å². The van der Waals surface area contributed by atoms with Crippen LogP contribution in [0.4, 0.5) is 10.2 Å². The molecule has 3 aromatic carbocycles. The Labute approximate surface area is 238 Å². The summed E-state index contributed by atoms with van der Waals surface area (Å²) in [4.78, 5) is 11.5. The third-order valence-corrected chi connectivity index (χ3v) is 8.49. The van der Waals surface area contributed by atoms with Gasteiger partial charge in [-0.15, -0.1) is 0 Å². The van der Waals surface area contributed by atoms with E-state index in [2.05, 4.69) is 19.9 Å². The summed E-state index contributed by atoms with van der Waals surface area (Å²) in [7, 11) is -3.37. The molecule has 11 heteroatoms. The smallest absolute Gasteiger partial charge is 0.319 e. The van der Waals surface area contributed by atoms with Crippen LogP contribution in [0, 0.1) is 11.2 Å². The van der Waals surface area contributed by atoms with Gasteiger partial charge in [-0.3, -0.25) is 0 Å². The molecule has 0 amide bonds. The molecule has 0 radical (unpaired) electrons. The number of nitrogens with one attached hydrogen (secondary N) is 2. The molecule has 2 aliphatic heterocycles. The Balaban J connectivity index is 1.44. The highest BCUT2D eigenvalue weighted by molar-refractivity contribution is 7.88. The van der Waals surface area contributed by atoms with Gasteiger partial charge in [0.2, 0.25) is 10.0 Å². The van der Waals surface area contributed by atoms with Crippen LogP contribution in [0.2, 0.25) is 0 Å². The van der Waals surface area contributed by atoms with Crippen molar-refractivity contribution in [3.05, 3.63) is 54.3 Å². The minimum absolute atomic E-state index is 0.0302. The third-order valence-electron chi connectivity index (χ3n) is 7.82. The van der Waals surface area contributed by atoms with Crippen LogP contribution in [-0.2, 0) is 10.0 Å². The van der Waals surface area contributed by atoms with Gasteiger partial charge >= 0.3 is 6.01 Å². The van der Waals surface area contributed by atoms with Crippen molar-refractivity contribution in [2.45, 2.75) is 38.8 Å². The molecule has 3 heterocycles. The topological polar surface area (TPSA) is 117 Å². The number of aromatic hydroxyl groups is 1. The van der Waals surface area contributed by atoms with E-state index in [1.807, 2.05) is 44.2 Å². The third kappa shape index (κ3) is 5.79. The van der Waals surface area contributed by atoms with Crippen LogP contribution < -0.4 is 19.7 Å². The first kappa shape index (κ1) is 27.6. The number of fused-ring (bicyclic) bond motifs is 4. The highest BCUT2D eigenvalue weighted by Gasteiger charge is 2.34. The molecule has 3 N–H and O–H groups in total. The van der Waals surface area contributed by atoms with Crippen molar-refractivity contribution in [2.75, 3.05) is 37.4 Å². The summed E-state index contributed by atoms with van der Waals surface area (Å²) in [5, 5.41) is 16.2. The van der Waals surface area contributed by atoms with Crippen molar-refractivity contribution >= 4 is 37.5 Å². The fourth-order valence-electron chi connectivity index (χ4n) is 5.76. The van der Waals surface area contributed by atoms with Crippen molar-refractivity contribution in [3.8, 4) is 22.9 Å². The second kappa shape index (κ2) is 10.4. The Hall–Kier alpha value is -3.54. The van der Waals surface area contributed by atoms with E-state index >= 15 is 4.39 Å². The van der Waals surface area contributed by atoms with Crippen LogP contribution in [-0.4, -0.2) is 68.1 Å². The standard InChI is InChI=1S/C30H34FN5O4S/c1-30(2,16-32-41(3,38)39)17-40-29-34-27-24(28(35-29)36-14-19-8-9-20(15-36)33-19)11-10-23(26(27)31)25-13-21(37)12-18-6-4-5-7-22(18)25/h4-7,10-13,19-20,32-33,37H,8-9,14-17H2,1-3H3. The lowest BCUT2D eigenvalue weighted by Crippen LogP contribution is -2.51. The minimum atomic E-state index is -3.37. The largest absolute Gasteiger partial charge is 0.508 e. The van der Waals surface area contributed by atoms with Gasteiger partial charge in [-0.05, 0) is 47.4 Å². The molecule has 9 nitrogen and oxygen atoms in total. The van der Waals surface area contributed by atoms with Gasteiger partial charge in [0.05, 0.1) is 12.9 Å². The van der Waals surface area contributed by atoms with Gasteiger partial charge in [0.15, 0.2) is 5.82 Å². The predicted molar refractivity (Wildman–Crippen MR) is 158 cm³/mol. The molecular weight excluding hydrogens is 545 g/mol. The van der Waals surface area contributed by atoms with Gasteiger partial charge in [-0.25, -0.2) is 17.5 Å². The van der Waals surface area contributed by atoms with Crippen molar-refractivity contribution in [2.24, 2.45) is 5.41 Å². The van der Waals surface area contributed by atoms with Crippen molar-refractivity contribution in [1.29, 1.82) is 0 Å².